The molecule has 0 fully saturated rings. The van der Waals surface area contributed by atoms with Crippen LogP contribution in [0.2, 0.25) is 0 Å². The van der Waals surface area contributed by atoms with E-state index in [1.54, 1.807) is 0 Å². The Hall–Kier alpha value is -0.880. The van der Waals surface area contributed by atoms with Crippen molar-refractivity contribution < 1.29 is 23.1 Å². The Kier molecular flexibility index (Phi) is 4.64. The number of hydrogen-bond acceptors (Lipinski definition) is 5. The monoisotopic (exact) mass is 208 g/mol. The van der Waals surface area contributed by atoms with Gasteiger partial charge in [-0.15, -0.1) is 0 Å². The summed E-state index contributed by atoms with van der Waals surface area (Å²) in [7, 11) is -3.57. The van der Waals surface area contributed by atoms with E-state index in [9.17, 15) is 13.2 Å². The van der Waals surface area contributed by atoms with Crippen LogP contribution in [-0.4, -0.2) is 39.0 Å². The first-order valence-corrected chi connectivity index (χ1v) is 5.45. The molecule has 76 valence electrons. The quantitative estimate of drug-likeness (QED) is 0.373. The molecule has 0 saturated heterocycles. The number of esters is 1. The van der Waals surface area contributed by atoms with Crippen LogP contribution in [0.3, 0.4) is 0 Å². The molecule has 0 aromatic carbocycles. The van der Waals surface area contributed by atoms with Gasteiger partial charge in [-0.25, -0.2) is 13.2 Å². The Labute approximate surface area is 76.9 Å². The van der Waals surface area contributed by atoms with Crippen LogP contribution in [0.1, 0.15) is 6.42 Å². The molecule has 0 unspecified atom stereocenters. The first-order chi connectivity index (χ1) is 5.89. The van der Waals surface area contributed by atoms with Gasteiger partial charge in [0.05, 0.1) is 6.61 Å². The Morgan fingerprint density at radius 3 is 2.46 bits per heavy atom. The molecule has 0 heterocycles. The molecule has 13 heavy (non-hydrogen) atoms. The summed E-state index contributed by atoms with van der Waals surface area (Å²) in [5, 5.41) is 8.35. The largest absolute Gasteiger partial charge is 0.462 e. The van der Waals surface area contributed by atoms with Crippen LogP contribution in [-0.2, 0) is 19.4 Å². The zero-order valence-electron chi connectivity index (χ0n) is 7.32. The Morgan fingerprint density at radius 2 is 2.08 bits per heavy atom. The Morgan fingerprint density at radius 1 is 1.54 bits per heavy atom. The van der Waals surface area contributed by atoms with Gasteiger partial charge in [0.15, 0.2) is 9.84 Å². The molecule has 0 rings (SSSR count). The number of carbonyl (C=O) groups excluding carboxylic acids is 1. The van der Waals surface area contributed by atoms with Crippen LogP contribution in [0.15, 0.2) is 11.5 Å². The summed E-state index contributed by atoms with van der Waals surface area (Å²) in [6.45, 7) is 2.96. The second-order valence-electron chi connectivity index (χ2n) is 2.41. The molecule has 0 aliphatic rings. The molecule has 6 heteroatoms. The summed E-state index contributed by atoms with van der Waals surface area (Å²) in [5.74, 6) is -0.962. The lowest BCUT2D eigenvalue weighted by molar-refractivity contribution is -0.138. The molecule has 5 nitrogen and oxygen atoms in total. The average Bonchev–Trinajstić information content (AvgIpc) is 2.01. The summed E-state index contributed by atoms with van der Waals surface area (Å²) < 4.78 is 26.0. The lowest BCUT2D eigenvalue weighted by atomic mass is 10.5. The van der Waals surface area contributed by atoms with Crippen molar-refractivity contribution in [3.8, 4) is 0 Å². The van der Waals surface area contributed by atoms with Crippen molar-refractivity contribution in [3.05, 3.63) is 11.5 Å². The molecule has 0 aliphatic carbocycles. The number of aliphatic hydroxyl groups excluding tert-OH is 1. The topological polar surface area (TPSA) is 80.7 Å². The van der Waals surface area contributed by atoms with Crippen molar-refractivity contribution in [3.63, 3.8) is 0 Å². The summed E-state index contributed by atoms with van der Waals surface area (Å²) in [6, 6.07) is 0. The molecular formula is C7H12O5S. The molecule has 0 aromatic rings. The molecular weight excluding hydrogens is 196 g/mol. The maximum absolute atomic E-state index is 10.9. The van der Waals surface area contributed by atoms with Crippen molar-refractivity contribution in [2.24, 2.45) is 0 Å². The second kappa shape index (κ2) is 4.98. The van der Waals surface area contributed by atoms with Crippen molar-refractivity contribution in [2.45, 2.75) is 6.42 Å². The van der Waals surface area contributed by atoms with Crippen LogP contribution in [0.25, 0.3) is 0 Å². The molecule has 0 atom stereocenters. The summed E-state index contributed by atoms with van der Waals surface area (Å²) in [5.41, 5.74) is 0. The van der Waals surface area contributed by atoms with Gasteiger partial charge in [-0.05, 0) is 0 Å². The summed E-state index contributed by atoms with van der Waals surface area (Å²) >= 11 is 0. The van der Waals surface area contributed by atoms with E-state index in [4.69, 9.17) is 5.11 Å². The molecule has 0 aliphatic heterocycles. The number of hydrogen-bond donors (Lipinski definition) is 1. The maximum Gasteiger partial charge on any atom is 0.349 e. The summed E-state index contributed by atoms with van der Waals surface area (Å²) in [4.78, 5) is 10.3. The zero-order chi connectivity index (χ0) is 10.5. The van der Waals surface area contributed by atoms with Crippen molar-refractivity contribution in [1.29, 1.82) is 0 Å². The van der Waals surface area contributed by atoms with Gasteiger partial charge < -0.3 is 9.84 Å². The minimum Gasteiger partial charge on any atom is -0.462 e. The molecule has 0 radical (unpaired) electrons. The normalized spacial score (nSPS) is 10.9. The SMILES string of the molecule is C=C(C(=O)OCCCO)S(C)(=O)=O. The highest BCUT2D eigenvalue weighted by atomic mass is 32.2. The number of rotatable bonds is 5. The van der Waals surface area contributed by atoms with E-state index in [-0.39, 0.29) is 19.6 Å². The van der Waals surface area contributed by atoms with Gasteiger partial charge in [0.25, 0.3) is 0 Å². The van der Waals surface area contributed by atoms with E-state index in [0.717, 1.165) is 6.26 Å². The fourth-order valence-electron chi connectivity index (χ4n) is 0.461. The fraction of sp³-hybridized carbons (Fsp3) is 0.571. The highest BCUT2D eigenvalue weighted by Crippen LogP contribution is 2.03. The van der Waals surface area contributed by atoms with Crippen LogP contribution >= 0.6 is 0 Å². The zero-order valence-corrected chi connectivity index (χ0v) is 8.13. The van der Waals surface area contributed by atoms with E-state index >= 15 is 0 Å². The average molecular weight is 208 g/mol. The van der Waals surface area contributed by atoms with Gasteiger partial charge in [0.1, 0.15) is 4.91 Å². The third-order valence-corrected chi connectivity index (χ3v) is 2.27. The van der Waals surface area contributed by atoms with E-state index in [2.05, 4.69) is 11.3 Å². The van der Waals surface area contributed by atoms with Crippen LogP contribution in [0.5, 0.6) is 0 Å². The van der Waals surface area contributed by atoms with Gasteiger partial charge in [-0.1, -0.05) is 6.58 Å². The minimum atomic E-state index is -3.57. The first kappa shape index (κ1) is 12.1. The lowest BCUT2D eigenvalue weighted by Crippen LogP contribution is -2.15. The van der Waals surface area contributed by atoms with Gasteiger partial charge >= 0.3 is 5.97 Å². The number of aliphatic hydroxyl groups is 1. The van der Waals surface area contributed by atoms with E-state index in [1.807, 2.05) is 0 Å². The Balaban J connectivity index is 4.07. The molecule has 0 aromatic heterocycles. The highest BCUT2D eigenvalue weighted by molar-refractivity contribution is 7.95. The number of carbonyl (C=O) groups is 1. The highest BCUT2D eigenvalue weighted by Gasteiger charge is 2.18. The van der Waals surface area contributed by atoms with Crippen molar-refractivity contribution in [2.75, 3.05) is 19.5 Å². The number of sulfone groups is 1. The van der Waals surface area contributed by atoms with Gasteiger partial charge in [-0.3, -0.25) is 0 Å². The van der Waals surface area contributed by atoms with E-state index in [0.29, 0.717) is 0 Å². The predicted octanol–water partition coefficient (Wildman–Crippen LogP) is -0.530. The lowest BCUT2D eigenvalue weighted by Gasteiger charge is -2.03. The smallest absolute Gasteiger partial charge is 0.349 e. The third kappa shape index (κ3) is 4.64. The Bertz CT molecular complexity index is 290. The fourth-order valence-corrected chi connectivity index (χ4v) is 0.823. The minimum absolute atomic E-state index is 0.0100. The van der Waals surface area contributed by atoms with E-state index in [1.165, 1.54) is 0 Å². The molecule has 1 N–H and O–H groups in total. The second-order valence-corrected chi connectivity index (χ2v) is 4.45. The molecule has 0 amide bonds. The molecule has 0 spiro atoms. The van der Waals surface area contributed by atoms with Crippen LogP contribution in [0.4, 0.5) is 0 Å². The van der Waals surface area contributed by atoms with Gasteiger partial charge in [0, 0.05) is 19.3 Å². The van der Waals surface area contributed by atoms with Crippen molar-refractivity contribution >= 4 is 15.8 Å². The van der Waals surface area contributed by atoms with Crippen LogP contribution < -0.4 is 0 Å². The van der Waals surface area contributed by atoms with Crippen molar-refractivity contribution in [1.82, 2.24) is 0 Å². The first-order valence-electron chi connectivity index (χ1n) is 3.56. The van der Waals surface area contributed by atoms with E-state index < -0.39 is 20.7 Å². The molecule has 0 saturated carbocycles. The third-order valence-electron chi connectivity index (χ3n) is 1.21. The maximum atomic E-state index is 10.9. The number of ether oxygens (including phenoxy) is 1. The molecule has 0 bridgehead atoms. The van der Waals surface area contributed by atoms with Crippen LogP contribution in [0, 0.1) is 0 Å². The summed E-state index contributed by atoms with van der Waals surface area (Å²) in [6.07, 6.45) is 1.16. The standard InChI is InChI=1S/C7H12O5S/c1-6(13(2,10)11)7(9)12-5-3-4-8/h8H,1,3-5H2,2H3. The van der Waals surface area contributed by atoms with Gasteiger partial charge in [0.2, 0.25) is 0 Å². The predicted molar refractivity (Wildman–Crippen MR) is 46.6 cm³/mol. The van der Waals surface area contributed by atoms with Gasteiger partial charge in [-0.2, -0.15) is 0 Å².